The number of nitrogens with zero attached hydrogens (tertiary/aromatic N) is 1. The molecule has 0 aliphatic carbocycles. The minimum Gasteiger partial charge on any atom is -0.507 e. The Bertz CT molecular complexity index is 1000. The van der Waals surface area contributed by atoms with E-state index in [0.29, 0.717) is 17.1 Å². The number of hydrogen-bond donors (Lipinski definition) is 2. The van der Waals surface area contributed by atoms with Crippen molar-refractivity contribution in [3.63, 3.8) is 0 Å². The van der Waals surface area contributed by atoms with E-state index in [4.69, 9.17) is 9.47 Å². The van der Waals surface area contributed by atoms with Gasteiger partial charge >= 0.3 is 0 Å². The third-order valence-corrected chi connectivity index (χ3v) is 4.12. The number of hydrazone groups is 1. The highest BCUT2D eigenvalue weighted by Gasteiger charge is 2.27. The van der Waals surface area contributed by atoms with Crippen LogP contribution < -0.4 is 14.9 Å². The Morgan fingerprint density at radius 1 is 1.08 bits per heavy atom. The summed E-state index contributed by atoms with van der Waals surface area (Å²) in [4.78, 5) is 12.3. The van der Waals surface area contributed by atoms with Crippen molar-refractivity contribution in [1.29, 1.82) is 0 Å². The Morgan fingerprint density at radius 2 is 1.85 bits per heavy atom. The van der Waals surface area contributed by atoms with Crippen molar-refractivity contribution >= 4 is 22.9 Å². The number of amides is 1. The van der Waals surface area contributed by atoms with Crippen molar-refractivity contribution in [2.24, 2.45) is 5.10 Å². The highest BCUT2D eigenvalue weighted by atomic mass is 16.6. The number of phenolic OH excluding ortho intramolecular Hbond substituents is 1. The van der Waals surface area contributed by atoms with Crippen LogP contribution in [0.4, 0.5) is 0 Å². The van der Waals surface area contributed by atoms with Gasteiger partial charge in [-0.2, -0.15) is 5.10 Å². The number of para-hydroxylation sites is 2. The first-order valence-electron chi connectivity index (χ1n) is 8.14. The molecular weight excluding hydrogens is 332 g/mol. The summed E-state index contributed by atoms with van der Waals surface area (Å²) in [6.45, 7) is 0.109. The van der Waals surface area contributed by atoms with Gasteiger partial charge in [0.25, 0.3) is 5.91 Å². The largest absolute Gasteiger partial charge is 0.507 e. The first kappa shape index (κ1) is 16.0. The first-order chi connectivity index (χ1) is 12.7. The summed E-state index contributed by atoms with van der Waals surface area (Å²) in [5.74, 6) is 0.804. The van der Waals surface area contributed by atoms with E-state index < -0.39 is 12.0 Å². The van der Waals surface area contributed by atoms with Crippen LogP contribution in [0.15, 0.2) is 65.8 Å². The fourth-order valence-electron chi connectivity index (χ4n) is 2.80. The lowest BCUT2D eigenvalue weighted by atomic mass is 10.0. The van der Waals surface area contributed by atoms with Crippen LogP contribution in [-0.2, 0) is 4.79 Å². The predicted octanol–water partition coefficient (Wildman–Crippen LogP) is 2.84. The number of rotatable bonds is 3. The van der Waals surface area contributed by atoms with Gasteiger partial charge in [-0.3, -0.25) is 4.79 Å². The maximum absolute atomic E-state index is 12.3. The molecule has 3 aromatic rings. The number of ether oxygens (including phenoxy) is 2. The minimum absolute atomic E-state index is 0.0906. The molecule has 0 saturated heterocycles. The van der Waals surface area contributed by atoms with E-state index in [-0.39, 0.29) is 12.4 Å². The van der Waals surface area contributed by atoms with E-state index in [1.807, 2.05) is 42.5 Å². The molecule has 6 nitrogen and oxygen atoms in total. The highest BCUT2D eigenvalue weighted by Crippen LogP contribution is 2.31. The Hall–Kier alpha value is -3.54. The van der Waals surface area contributed by atoms with Gasteiger partial charge in [-0.05, 0) is 29.0 Å². The van der Waals surface area contributed by atoms with Gasteiger partial charge in [0.05, 0.1) is 6.21 Å². The lowest BCUT2D eigenvalue weighted by Crippen LogP contribution is -2.42. The quantitative estimate of drug-likeness (QED) is 0.563. The molecule has 1 atom stereocenters. The normalized spacial score (nSPS) is 15.9. The highest BCUT2D eigenvalue weighted by molar-refractivity contribution is 6.02. The van der Waals surface area contributed by atoms with E-state index in [0.717, 1.165) is 10.8 Å². The first-order valence-corrected chi connectivity index (χ1v) is 8.14. The molecule has 1 amide bonds. The second kappa shape index (κ2) is 6.76. The summed E-state index contributed by atoms with van der Waals surface area (Å²) in [5.41, 5.74) is 2.97. The number of aromatic hydroxyl groups is 1. The Kier molecular flexibility index (Phi) is 4.15. The van der Waals surface area contributed by atoms with Crippen molar-refractivity contribution in [2.45, 2.75) is 6.10 Å². The van der Waals surface area contributed by atoms with Gasteiger partial charge < -0.3 is 14.6 Å². The summed E-state index contributed by atoms with van der Waals surface area (Å²) in [6.07, 6.45) is 0.635. The number of fused-ring (bicyclic) bond motifs is 2. The molecule has 26 heavy (non-hydrogen) atoms. The summed E-state index contributed by atoms with van der Waals surface area (Å²) in [5, 5.41) is 15.9. The van der Waals surface area contributed by atoms with Crippen LogP contribution in [-0.4, -0.2) is 29.9 Å². The molecule has 0 spiro atoms. The Morgan fingerprint density at radius 3 is 2.73 bits per heavy atom. The molecule has 0 bridgehead atoms. The van der Waals surface area contributed by atoms with Gasteiger partial charge in [0, 0.05) is 5.56 Å². The molecule has 0 radical (unpaired) electrons. The standard InChI is InChI=1S/C20H16N2O4/c23-16-10-9-13-5-1-2-6-14(13)15(16)11-21-22-20(24)19-12-25-17-7-3-4-8-18(17)26-19/h1-11,19,23H,12H2,(H,22,24). The smallest absolute Gasteiger partial charge is 0.284 e. The number of hydrogen-bond acceptors (Lipinski definition) is 5. The maximum atomic E-state index is 12.3. The summed E-state index contributed by atoms with van der Waals surface area (Å²) in [7, 11) is 0. The maximum Gasteiger partial charge on any atom is 0.284 e. The topological polar surface area (TPSA) is 80.2 Å². The van der Waals surface area contributed by atoms with E-state index in [1.165, 1.54) is 6.21 Å². The van der Waals surface area contributed by atoms with Crippen molar-refractivity contribution in [3.8, 4) is 17.2 Å². The average molecular weight is 348 g/mol. The van der Waals surface area contributed by atoms with Crippen LogP contribution in [0.1, 0.15) is 5.56 Å². The second-order valence-electron chi connectivity index (χ2n) is 5.82. The van der Waals surface area contributed by atoms with Crippen LogP contribution in [0.25, 0.3) is 10.8 Å². The van der Waals surface area contributed by atoms with Gasteiger partial charge in [-0.25, -0.2) is 5.43 Å². The Labute approximate surface area is 149 Å². The Balaban J connectivity index is 1.48. The summed E-state index contributed by atoms with van der Waals surface area (Å²) < 4.78 is 11.2. The van der Waals surface area contributed by atoms with Gasteiger partial charge in [0.2, 0.25) is 6.10 Å². The van der Waals surface area contributed by atoms with Gasteiger partial charge in [-0.1, -0.05) is 42.5 Å². The molecular formula is C20H16N2O4. The molecule has 1 unspecified atom stereocenters. The number of nitrogens with one attached hydrogen (secondary N) is 1. The van der Waals surface area contributed by atoms with Crippen molar-refractivity contribution in [2.75, 3.05) is 6.61 Å². The molecule has 130 valence electrons. The van der Waals surface area contributed by atoms with Crippen molar-refractivity contribution in [1.82, 2.24) is 5.43 Å². The average Bonchev–Trinajstić information content (AvgIpc) is 2.69. The molecule has 1 aliphatic rings. The molecule has 2 N–H and O–H groups in total. The third-order valence-electron chi connectivity index (χ3n) is 4.12. The van der Waals surface area contributed by atoms with Gasteiger partial charge in [-0.15, -0.1) is 0 Å². The van der Waals surface area contributed by atoms with Crippen molar-refractivity contribution < 1.29 is 19.4 Å². The number of carbonyl (C=O) groups is 1. The van der Waals surface area contributed by atoms with Crippen LogP contribution in [0.2, 0.25) is 0 Å². The zero-order chi connectivity index (χ0) is 17.9. The van der Waals surface area contributed by atoms with E-state index in [2.05, 4.69) is 10.5 Å². The fraction of sp³-hybridized carbons (Fsp3) is 0.100. The van der Waals surface area contributed by atoms with Crippen LogP contribution >= 0.6 is 0 Å². The van der Waals surface area contributed by atoms with Gasteiger partial charge in [0.1, 0.15) is 12.4 Å². The van der Waals surface area contributed by atoms with E-state index in [9.17, 15) is 9.90 Å². The predicted molar refractivity (Wildman–Crippen MR) is 97.7 cm³/mol. The molecule has 3 aromatic carbocycles. The molecule has 6 heteroatoms. The van der Waals surface area contributed by atoms with Gasteiger partial charge in [0.15, 0.2) is 11.5 Å². The second-order valence-corrected chi connectivity index (χ2v) is 5.82. The summed E-state index contributed by atoms with van der Waals surface area (Å²) >= 11 is 0. The van der Waals surface area contributed by atoms with Crippen LogP contribution in [0, 0.1) is 0 Å². The molecule has 4 rings (SSSR count). The van der Waals surface area contributed by atoms with Crippen molar-refractivity contribution in [3.05, 3.63) is 66.2 Å². The van der Waals surface area contributed by atoms with Crippen LogP contribution in [0.3, 0.4) is 0 Å². The van der Waals surface area contributed by atoms with E-state index in [1.54, 1.807) is 18.2 Å². The number of phenols is 1. The zero-order valence-corrected chi connectivity index (χ0v) is 13.8. The molecule has 0 aromatic heterocycles. The summed E-state index contributed by atoms with van der Waals surface area (Å²) in [6, 6.07) is 18.2. The lowest BCUT2D eigenvalue weighted by Gasteiger charge is -2.24. The molecule has 1 aliphatic heterocycles. The minimum atomic E-state index is -0.789. The number of carbonyl (C=O) groups excluding carboxylic acids is 1. The third kappa shape index (κ3) is 3.04. The fourth-order valence-corrected chi connectivity index (χ4v) is 2.80. The monoisotopic (exact) mass is 348 g/mol. The zero-order valence-electron chi connectivity index (χ0n) is 13.8. The SMILES string of the molecule is O=C(NN=Cc1c(O)ccc2ccccc12)C1COc2ccccc2O1. The van der Waals surface area contributed by atoms with E-state index >= 15 is 0 Å². The van der Waals surface area contributed by atoms with Crippen LogP contribution in [0.5, 0.6) is 17.2 Å². The lowest BCUT2D eigenvalue weighted by molar-refractivity contribution is -0.130. The molecule has 1 heterocycles. The molecule has 0 saturated carbocycles. The molecule has 0 fully saturated rings. The number of benzene rings is 3.